The normalized spacial score (nSPS) is 11.0. The highest BCUT2D eigenvalue weighted by atomic mass is 32.2. The summed E-state index contributed by atoms with van der Waals surface area (Å²) in [7, 11) is -3.23. The van der Waals surface area contributed by atoms with Gasteiger partial charge in [-0.15, -0.1) is 0 Å². The summed E-state index contributed by atoms with van der Waals surface area (Å²) in [5.74, 6) is 1.17. The van der Waals surface area contributed by atoms with Gasteiger partial charge in [0.1, 0.15) is 17.3 Å². The summed E-state index contributed by atoms with van der Waals surface area (Å²) in [5.41, 5.74) is 1.16. The van der Waals surface area contributed by atoms with Crippen LogP contribution in [0.5, 0.6) is 11.5 Å². The number of nitriles is 1. The average Bonchev–Trinajstić information content (AvgIpc) is 3.02. The molecule has 0 saturated heterocycles. The third-order valence-electron chi connectivity index (χ3n) is 3.16. The summed E-state index contributed by atoms with van der Waals surface area (Å²) >= 11 is 0. The van der Waals surface area contributed by atoms with Gasteiger partial charge in [0.25, 0.3) is 5.89 Å². The lowest BCUT2D eigenvalue weighted by Gasteiger charge is -2.06. The van der Waals surface area contributed by atoms with E-state index in [0.29, 0.717) is 22.6 Å². The van der Waals surface area contributed by atoms with E-state index in [9.17, 15) is 8.42 Å². The van der Waals surface area contributed by atoms with Crippen molar-refractivity contribution in [2.24, 2.45) is 0 Å². The van der Waals surface area contributed by atoms with E-state index in [1.54, 1.807) is 48.5 Å². The van der Waals surface area contributed by atoms with Crippen LogP contribution in [0.25, 0.3) is 11.5 Å². The Balaban J connectivity index is 1.80. The summed E-state index contributed by atoms with van der Waals surface area (Å²) in [6.07, 6.45) is 1.11. The molecule has 126 valence electrons. The molecule has 0 aliphatic heterocycles. The van der Waals surface area contributed by atoms with Gasteiger partial charge >= 0.3 is 0 Å². The second-order valence-electron chi connectivity index (χ2n) is 5.35. The molecule has 0 saturated carbocycles. The molecule has 0 amide bonds. The molecule has 1 heterocycles. The predicted octanol–water partition coefficient (Wildman–Crippen LogP) is 2.95. The van der Waals surface area contributed by atoms with Crippen LogP contribution in [0.2, 0.25) is 0 Å². The average molecular weight is 355 g/mol. The van der Waals surface area contributed by atoms with Gasteiger partial charge in [-0.3, -0.25) is 0 Å². The van der Waals surface area contributed by atoms with E-state index in [0.717, 1.165) is 6.26 Å². The Bertz CT molecular complexity index is 1030. The Morgan fingerprint density at radius 1 is 1.16 bits per heavy atom. The molecule has 25 heavy (non-hydrogen) atoms. The first-order chi connectivity index (χ1) is 11.9. The predicted molar refractivity (Wildman–Crippen MR) is 89.5 cm³/mol. The number of ether oxygens (including phenoxy) is 1. The second kappa shape index (κ2) is 6.75. The quantitative estimate of drug-likeness (QED) is 0.692. The zero-order valence-corrected chi connectivity index (χ0v) is 14.0. The molecule has 0 radical (unpaired) electrons. The Morgan fingerprint density at radius 2 is 1.92 bits per heavy atom. The zero-order valence-electron chi connectivity index (χ0n) is 13.2. The topological polar surface area (TPSA) is 106 Å². The van der Waals surface area contributed by atoms with Crippen LogP contribution in [-0.4, -0.2) is 24.8 Å². The van der Waals surface area contributed by atoms with Gasteiger partial charge in [-0.2, -0.15) is 10.2 Å². The van der Waals surface area contributed by atoms with E-state index in [2.05, 4.69) is 10.1 Å². The minimum Gasteiger partial charge on any atom is -0.457 e. The van der Waals surface area contributed by atoms with Gasteiger partial charge in [0, 0.05) is 11.8 Å². The van der Waals surface area contributed by atoms with Crippen molar-refractivity contribution in [2.75, 3.05) is 6.26 Å². The van der Waals surface area contributed by atoms with Gasteiger partial charge in [-0.25, -0.2) is 8.42 Å². The fourth-order valence-corrected chi connectivity index (χ4v) is 2.68. The van der Waals surface area contributed by atoms with E-state index in [-0.39, 0.29) is 17.5 Å². The Hall–Kier alpha value is -3.18. The van der Waals surface area contributed by atoms with Crippen molar-refractivity contribution in [3.63, 3.8) is 0 Å². The van der Waals surface area contributed by atoms with Crippen LogP contribution in [0.15, 0.2) is 53.1 Å². The summed E-state index contributed by atoms with van der Waals surface area (Å²) in [4.78, 5) is 4.09. The van der Waals surface area contributed by atoms with Crippen molar-refractivity contribution in [1.82, 2.24) is 10.1 Å². The molecule has 3 rings (SSSR count). The standard InChI is InChI=1S/C17H13N3O4S/c1-25(21,22)11-16-19-17(24-20-16)13-3-2-4-15(9-13)23-14-7-5-12(10-18)6-8-14/h2-9H,11H2,1H3. The van der Waals surface area contributed by atoms with Gasteiger partial charge in [0.05, 0.1) is 11.6 Å². The molecule has 0 unspecified atom stereocenters. The number of aromatic nitrogens is 2. The van der Waals surface area contributed by atoms with Gasteiger partial charge in [0.15, 0.2) is 15.7 Å². The summed E-state index contributed by atoms with van der Waals surface area (Å²) in [6.45, 7) is 0. The Labute approximate surface area is 144 Å². The minimum absolute atomic E-state index is 0.107. The maximum atomic E-state index is 11.3. The molecule has 0 N–H and O–H groups in total. The largest absolute Gasteiger partial charge is 0.457 e. The van der Waals surface area contributed by atoms with Gasteiger partial charge in [-0.05, 0) is 42.5 Å². The van der Waals surface area contributed by atoms with Gasteiger partial charge in [0.2, 0.25) is 0 Å². The molecule has 0 spiro atoms. The highest BCUT2D eigenvalue weighted by molar-refractivity contribution is 7.89. The molecule has 2 aromatic carbocycles. The lowest BCUT2D eigenvalue weighted by Crippen LogP contribution is -2.02. The summed E-state index contributed by atoms with van der Waals surface area (Å²) in [5, 5.41) is 12.5. The number of hydrogen-bond donors (Lipinski definition) is 0. The van der Waals surface area contributed by atoms with Crippen molar-refractivity contribution in [3.8, 4) is 29.0 Å². The smallest absolute Gasteiger partial charge is 0.258 e. The monoisotopic (exact) mass is 355 g/mol. The van der Waals surface area contributed by atoms with E-state index in [1.165, 1.54) is 0 Å². The number of sulfone groups is 1. The first-order valence-corrected chi connectivity index (χ1v) is 9.28. The lowest BCUT2D eigenvalue weighted by atomic mass is 10.2. The van der Waals surface area contributed by atoms with Crippen molar-refractivity contribution >= 4 is 9.84 Å². The van der Waals surface area contributed by atoms with Crippen LogP contribution in [0.1, 0.15) is 11.4 Å². The maximum absolute atomic E-state index is 11.3. The van der Waals surface area contributed by atoms with Crippen LogP contribution in [-0.2, 0) is 15.6 Å². The number of hydrogen-bond acceptors (Lipinski definition) is 7. The van der Waals surface area contributed by atoms with Crippen LogP contribution < -0.4 is 4.74 Å². The molecule has 8 heteroatoms. The van der Waals surface area contributed by atoms with E-state index in [4.69, 9.17) is 14.5 Å². The Kier molecular flexibility index (Phi) is 4.50. The van der Waals surface area contributed by atoms with Crippen LogP contribution in [0.4, 0.5) is 0 Å². The van der Waals surface area contributed by atoms with Gasteiger partial charge < -0.3 is 9.26 Å². The molecule has 0 aliphatic rings. The van der Waals surface area contributed by atoms with Crippen molar-refractivity contribution in [3.05, 3.63) is 59.9 Å². The molecule has 0 atom stereocenters. The minimum atomic E-state index is -3.23. The highest BCUT2D eigenvalue weighted by Gasteiger charge is 2.14. The summed E-state index contributed by atoms with van der Waals surface area (Å²) in [6, 6.07) is 15.7. The second-order valence-corrected chi connectivity index (χ2v) is 7.49. The summed E-state index contributed by atoms with van der Waals surface area (Å²) < 4.78 is 33.4. The fraction of sp³-hybridized carbons (Fsp3) is 0.118. The van der Waals surface area contributed by atoms with E-state index in [1.807, 2.05) is 6.07 Å². The van der Waals surface area contributed by atoms with Crippen molar-refractivity contribution in [2.45, 2.75) is 5.75 Å². The SMILES string of the molecule is CS(=O)(=O)Cc1noc(-c2cccc(Oc3ccc(C#N)cc3)c2)n1. The van der Waals surface area contributed by atoms with Crippen molar-refractivity contribution < 1.29 is 17.7 Å². The number of nitrogens with zero attached hydrogens (tertiary/aromatic N) is 3. The zero-order chi connectivity index (χ0) is 17.9. The fourth-order valence-electron chi connectivity index (χ4n) is 2.09. The molecule has 7 nitrogen and oxygen atoms in total. The van der Waals surface area contributed by atoms with E-state index >= 15 is 0 Å². The van der Waals surface area contributed by atoms with Crippen molar-refractivity contribution in [1.29, 1.82) is 5.26 Å². The molecule has 0 fully saturated rings. The maximum Gasteiger partial charge on any atom is 0.258 e. The lowest BCUT2D eigenvalue weighted by molar-refractivity contribution is 0.424. The molecular weight excluding hydrogens is 342 g/mol. The number of benzene rings is 2. The molecule has 3 aromatic rings. The van der Waals surface area contributed by atoms with Crippen LogP contribution in [0, 0.1) is 11.3 Å². The van der Waals surface area contributed by atoms with Gasteiger partial charge in [-0.1, -0.05) is 11.2 Å². The first kappa shape index (κ1) is 16.7. The van der Waals surface area contributed by atoms with E-state index < -0.39 is 9.84 Å². The molecule has 0 bridgehead atoms. The van der Waals surface area contributed by atoms with Crippen LogP contribution >= 0.6 is 0 Å². The van der Waals surface area contributed by atoms with Crippen LogP contribution in [0.3, 0.4) is 0 Å². The molecular formula is C17H13N3O4S. The molecule has 0 aliphatic carbocycles. The molecule has 1 aromatic heterocycles. The third kappa shape index (κ3) is 4.43. The third-order valence-corrected chi connectivity index (χ3v) is 3.94. The highest BCUT2D eigenvalue weighted by Crippen LogP contribution is 2.26. The first-order valence-electron chi connectivity index (χ1n) is 7.22. The Morgan fingerprint density at radius 3 is 2.60 bits per heavy atom. The number of rotatable bonds is 5.